The first-order valence-electron chi connectivity index (χ1n) is 7.17. The minimum absolute atomic E-state index is 0.0331. The van der Waals surface area contributed by atoms with Gasteiger partial charge in [-0.25, -0.2) is 0 Å². The van der Waals surface area contributed by atoms with Crippen molar-refractivity contribution in [3.8, 4) is 5.75 Å². The molecule has 0 bridgehead atoms. The molecule has 10 nitrogen and oxygen atoms in total. The van der Waals surface area contributed by atoms with Gasteiger partial charge in [0.25, 0.3) is 0 Å². The van der Waals surface area contributed by atoms with E-state index < -0.39 is 60.1 Å². The summed E-state index contributed by atoms with van der Waals surface area (Å²) in [5, 5.41) is 89.8. The molecule has 1 aromatic rings. The van der Waals surface area contributed by atoms with Crippen LogP contribution >= 0.6 is 0 Å². The number of pyridine rings is 1. The summed E-state index contributed by atoms with van der Waals surface area (Å²) in [7, 11) is 0. The van der Waals surface area contributed by atoms with E-state index in [2.05, 4.69) is 4.98 Å². The smallest absolute Gasteiger partial charge is 0.151 e. The summed E-state index contributed by atoms with van der Waals surface area (Å²) in [6, 6.07) is 0. The summed E-state index contributed by atoms with van der Waals surface area (Å²) < 4.78 is 0. The molecule has 7 atom stereocenters. The largest absolute Gasteiger partial charge is 0.506 e. The topological polar surface area (TPSA) is 195 Å². The highest BCUT2D eigenvalue weighted by Gasteiger charge is 2.61. The maximum Gasteiger partial charge on any atom is 0.151 e. The number of rotatable bonds is 3. The highest BCUT2D eigenvalue weighted by Crippen LogP contribution is 2.43. The molecule has 1 aliphatic carbocycles. The van der Waals surface area contributed by atoms with E-state index in [1.165, 1.54) is 6.92 Å². The molecule has 0 radical (unpaired) electrons. The molecular formula is C14H21NO9. The number of aromatic hydroxyl groups is 1. The number of aliphatic hydroxyl groups is 8. The zero-order valence-corrected chi connectivity index (χ0v) is 12.7. The molecule has 24 heavy (non-hydrogen) atoms. The molecule has 3 unspecified atom stereocenters. The summed E-state index contributed by atoms with van der Waals surface area (Å²) in [6.07, 6.45) is -11.8. The molecule has 0 amide bonds. The molecule has 0 spiro atoms. The van der Waals surface area contributed by atoms with Gasteiger partial charge in [0, 0.05) is 17.3 Å². The molecule has 1 fully saturated rings. The third kappa shape index (κ3) is 2.57. The minimum Gasteiger partial charge on any atom is -0.506 e. The molecular weight excluding hydrogens is 326 g/mol. The monoisotopic (exact) mass is 347 g/mol. The first kappa shape index (κ1) is 19.0. The number of aromatic nitrogens is 1. The van der Waals surface area contributed by atoms with Gasteiger partial charge >= 0.3 is 0 Å². The van der Waals surface area contributed by atoms with Gasteiger partial charge in [0.15, 0.2) is 5.60 Å². The summed E-state index contributed by atoms with van der Waals surface area (Å²) in [5.74, 6) is -0.600. The van der Waals surface area contributed by atoms with Crippen molar-refractivity contribution in [1.29, 1.82) is 0 Å². The summed E-state index contributed by atoms with van der Waals surface area (Å²) in [5.41, 5.74) is -3.44. The Bertz CT molecular complexity index is 594. The molecule has 9 N–H and O–H groups in total. The number of aryl methyl sites for hydroxylation is 1. The Hall–Kier alpha value is -1.37. The Balaban J connectivity index is 2.59. The molecule has 10 heteroatoms. The van der Waals surface area contributed by atoms with Crippen LogP contribution in [-0.4, -0.2) is 87.1 Å². The van der Waals surface area contributed by atoms with Crippen LogP contribution in [0.25, 0.3) is 0 Å². The van der Waals surface area contributed by atoms with Crippen LogP contribution in [0.5, 0.6) is 5.75 Å². The third-order valence-electron chi connectivity index (χ3n) is 4.53. The number of hydrogen-bond donors (Lipinski definition) is 9. The fourth-order valence-corrected chi connectivity index (χ4v) is 2.94. The van der Waals surface area contributed by atoms with Gasteiger partial charge in [-0.2, -0.15) is 0 Å². The fourth-order valence-electron chi connectivity index (χ4n) is 2.94. The maximum absolute atomic E-state index is 10.6. The van der Waals surface area contributed by atoms with Crippen LogP contribution in [0, 0.1) is 6.92 Å². The van der Waals surface area contributed by atoms with Crippen molar-refractivity contribution in [3.05, 3.63) is 23.0 Å². The molecule has 1 saturated carbocycles. The number of aliphatic hydroxyl groups excluding tert-OH is 7. The lowest BCUT2D eigenvalue weighted by Crippen LogP contribution is -2.72. The lowest BCUT2D eigenvalue weighted by atomic mass is 9.70. The Morgan fingerprint density at radius 3 is 2.04 bits per heavy atom. The van der Waals surface area contributed by atoms with E-state index >= 15 is 0 Å². The van der Waals surface area contributed by atoms with Crippen molar-refractivity contribution in [2.45, 2.75) is 55.8 Å². The first-order chi connectivity index (χ1) is 11.1. The first-order valence-corrected chi connectivity index (χ1v) is 7.17. The van der Waals surface area contributed by atoms with E-state index in [1.807, 2.05) is 0 Å². The summed E-state index contributed by atoms with van der Waals surface area (Å²) in [6.45, 7) is 0.682. The molecule has 0 aliphatic heterocycles. The molecule has 1 heterocycles. The molecule has 0 aromatic carbocycles. The second-order valence-electron chi connectivity index (χ2n) is 5.94. The normalized spacial score (nSPS) is 38.1. The van der Waals surface area contributed by atoms with Crippen molar-refractivity contribution in [1.82, 2.24) is 4.98 Å². The summed E-state index contributed by atoms with van der Waals surface area (Å²) >= 11 is 0. The quantitative estimate of drug-likeness (QED) is 0.261. The van der Waals surface area contributed by atoms with E-state index in [9.17, 15) is 46.0 Å². The average Bonchev–Trinajstić information content (AvgIpc) is 2.58. The predicted octanol–water partition coefficient (Wildman–Crippen LogP) is -3.83. The van der Waals surface area contributed by atoms with Gasteiger partial charge in [-0.3, -0.25) is 4.98 Å². The van der Waals surface area contributed by atoms with Crippen molar-refractivity contribution in [2.75, 3.05) is 0 Å². The lowest BCUT2D eigenvalue weighted by Gasteiger charge is -2.49. The minimum atomic E-state index is -2.94. The third-order valence-corrected chi connectivity index (χ3v) is 4.53. The Morgan fingerprint density at radius 2 is 1.58 bits per heavy atom. The average molecular weight is 347 g/mol. The van der Waals surface area contributed by atoms with Crippen LogP contribution < -0.4 is 0 Å². The van der Waals surface area contributed by atoms with Crippen molar-refractivity contribution < 1.29 is 46.0 Å². The van der Waals surface area contributed by atoms with E-state index in [4.69, 9.17) is 0 Å². The standard InChI is InChI=1S/C14H21NO9/c1-4-7(17)6(5(3-16)2-15-4)11(21)14(24)12(22)9(19)8(18)10(20)13(14)23/h2,8-13,16-24H,3H2,1H3/t8?,9-,10+,11?,12-,13-,14?/m1/s1. The van der Waals surface area contributed by atoms with Crippen LogP contribution in [0.1, 0.15) is 22.9 Å². The molecule has 1 aromatic heterocycles. The fraction of sp³-hybridized carbons (Fsp3) is 0.643. The Morgan fingerprint density at radius 1 is 1.08 bits per heavy atom. The second kappa shape index (κ2) is 6.50. The van der Waals surface area contributed by atoms with Crippen LogP contribution in [0.15, 0.2) is 6.20 Å². The van der Waals surface area contributed by atoms with Crippen LogP contribution in [-0.2, 0) is 6.61 Å². The van der Waals surface area contributed by atoms with Crippen molar-refractivity contribution in [2.24, 2.45) is 0 Å². The van der Waals surface area contributed by atoms with Gasteiger partial charge in [-0.1, -0.05) is 0 Å². The second-order valence-corrected chi connectivity index (χ2v) is 5.94. The van der Waals surface area contributed by atoms with Crippen LogP contribution in [0.2, 0.25) is 0 Å². The Labute approximate surface area is 136 Å². The molecule has 2 rings (SSSR count). The number of nitrogens with zero attached hydrogens (tertiary/aromatic N) is 1. The van der Waals surface area contributed by atoms with Crippen LogP contribution in [0.4, 0.5) is 0 Å². The van der Waals surface area contributed by atoms with Gasteiger partial charge in [0.05, 0.1) is 12.3 Å². The van der Waals surface area contributed by atoms with Gasteiger partial charge in [-0.15, -0.1) is 0 Å². The zero-order chi connectivity index (χ0) is 18.4. The predicted molar refractivity (Wildman–Crippen MR) is 76.5 cm³/mol. The van der Waals surface area contributed by atoms with E-state index in [0.29, 0.717) is 0 Å². The molecule has 0 saturated heterocycles. The van der Waals surface area contributed by atoms with Crippen molar-refractivity contribution >= 4 is 0 Å². The van der Waals surface area contributed by atoms with Gasteiger partial charge < -0.3 is 46.0 Å². The lowest BCUT2D eigenvalue weighted by molar-refractivity contribution is -0.295. The van der Waals surface area contributed by atoms with Gasteiger partial charge in [0.1, 0.15) is 42.4 Å². The summed E-state index contributed by atoms with van der Waals surface area (Å²) in [4.78, 5) is 3.77. The van der Waals surface area contributed by atoms with Gasteiger partial charge in [0.2, 0.25) is 0 Å². The highest BCUT2D eigenvalue weighted by atomic mass is 16.4. The molecule has 1 aliphatic rings. The maximum atomic E-state index is 10.6. The number of hydrogen-bond acceptors (Lipinski definition) is 10. The molecule has 136 valence electrons. The Kier molecular flexibility index (Phi) is 5.14. The van der Waals surface area contributed by atoms with Gasteiger partial charge in [-0.05, 0) is 6.92 Å². The van der Waals surface area contributed by atoms with Crippen LogP contribution in [0.3, 0.4) is 0 Å². The van der Waals surface area contributed by atoms with E-state index in [-0.39, 0.29) is 11.3 Å². The van der Waals surface area contributed by atoms with E-state index in [0.717, 1.165) is 6.20 Å². The zero-order valence-electron chi connectivity index (χ0n) is 12.7. The van der Waals surface area contributed by atoms with E-state index in [1.54, 1.807) is 0 Å². The SMILES string of the molecule is Cc1ncc(CO)c(C(O)C2(O)[C@H](O)[C@H](O)C(O)[C@H](O)[C@H]2O)c1O. The highest BCUT2D eigenvalue weighted by molar-refractivity contribution is 5.44. The van der Waals surface area contributed by atoms with Crippen molar-refractivity contribution in [3.63, 3.8) is 0 Å².